The molecule has 3 aromatic rings. The summed E-state index contributed by atoms with van der Waals surface area (Å²) in [4.78, 5) is 16.9. The summed E-state index contributed by atoms with van der Waals surface area (Å²) in [5, 5.41) is 6.19. The Hall–Kier alpha value is -3.54. The molecule has 0 bridgehead atoms. The Bertz CT molecular complexity index is 985. The Morgan fingerprint density at radius 1 is 0.966 bits per heavy atom. The highest BCUT2D eigenvalue weighted by Gasteiger charge is 2.12. The molecule has 0 saturated heterocycles. The zero-order valence-corrected chi connectivity index (χ0v) is 17.0. The minimum atomic E-state index is -0.317. The zero-order chi connectivity index (χ0) is 20.8. The highest BCUT2D eigenvalue weighted by molar-refractivity contribution is 6.03. The van der Waals surface area contributed by atoms with Crippen LogP contribution < -0.4 is 20.1 Å². The minimum absolute atomic E-state index is 0.311. The number of amides is 1. The van der Waals surface area contributed by atoms with Crippen LogP contribution in [-0.4, -0.2) is 25.1 Å². The maximum atomic E-state index is 12.6. The first-order chi connectivity index (χ1) is 14.0. The molecule has 0 radical (unpaired) electrons. The maximum Gasteiger partial charge on any atom is 0.274 e. The van der Waals surface area contributed by atoms with Crippen molar-refractivity contribution in [2.24, 2.45) is 0 Å². The van der Waals surface area contributed by atoms with Gasteiger partial charge in [0.25, 0.3) is 5.91 Å². The lowest BCUT2D eigenvalue weighted by molar-refractivity contribution is 0.102. The number of para-hydroxylation sites is 1. The quantitative estimate of drug-likeness (QED) is 0.578. The van der Waals surface area contributed by atoms with Crippen molar-refractivity contribution in [1.29, 1.82) is 0 Å². The second kappa shape index (κ2) is 9.10. The van der Waals surface area contributed by atoms with E-state index < -0.39 is 0 Å². The second-order valence-electron chi connectivity index (χ2n) is 6.82. The fraction of sp³-hybridized carbons (Fsp3) is 0.217. The predicted molar refractivity (Wildman–Crippen MR) is 116 cm³/mol. The van der Waals surface area contributed by atoms with Crippen LogP contribution in [0.3, 0.4) is 0 Å². The molecule has 1 heterocycles. The van der Waals surface area contributed by atoms with Gasteiger partial charge in [-0.1, -0.05) is 32.0 Å². The lowest BCUT2D eigenvalue weighted by Crippen LogP contribution is -2.14. The molecule has 0 aliphatic rings. The smallest absolute Gasteiger partial charge is 0.274 e. The Morgan fingerprint density at radius 2 is 1.76 bits per heavy atom. The van der Waals surface area contributed by atoms with Gasteiger partial charge < -0.3 is 20.1 Å². The molecule has 2 N–H and O–H groups in total. The third kappa shape index (κ3) is 4.85. The molecule has 0 fully saturated rings. The van der Waals surface area contributed by atoms with Gasteiger partial charge in [-0.05, 0) is 41.8 Å². The van der Waals surface area contributed by atoms with E-state index in [4.69, 9.17) is 9.47 Å². The number of aromatic nitrogens is 1. The normalized spacial score (nSPS) is 10.5. The monoisotopic (exact) mass is 391 g/mol. The Labute approximate surface area is 170 Å². The number of pyridine rings is 1. The Kier molecular flexibility index (Phi) is 6.34. The van der Waals surface area contributed by atoms with Gasteiger partial charge in [-0.15, -0.1) is 0 Å². The Balaban J connectivity index is 1.73. The van der Waals surface area contributed by atoms with Gasteiger partial charge in [-0.25, -0.2) is 4.98 Å². The second-order valence-corrected chi connectivity index (χ2v) is 6.82. The first-order valence-electron chi connectivity index (χ1n) is 9.37. The number of carbonyl (C=O) groups is 1. The van der Waals surface area contributed by atoms with Crippen LogP contribution in [0.15, 0.2) is 60.8 Å². The van der Waals surface area contributed by atoms with Crippen molar-refractivity contribution in [2.45, 2.75) is 19.8 Å². The molecule has 1 amide bonds. The van der Waals surface area contributed by atoms with Crippen LogP contribution in [0.4, 0.5) is 17.1 Å². The lowest BCUT2D eigenvalue weighted by Gasteiger charge is -2.14. The largest absolute Gasteiger partial charge is 0.497 e. The topological polar surface area (TPSA) is 72.5 Å². The average Bonchev–Trinajstić information content (AvgIpc) is 2.74. The molecule has 0 aliphatic carbocycles. The van der Waals surface area contributed by atoms with Crippen LogP contribution in [-0.2, 0) is 0 Å². The first-order valence-corrected chi connectivity index (χ1v) is 9.37. The van der Waals surface area contributed by atoms with Crippen molar-refractivity contribution in [2.75, 3.05) is 24.9 Å². The summed E-state index contributed by atoms with van der Waals surface area (Å²) in [6.07, 6.45) is 1.65. The molecule has 150 valence electrons. The standard InChI is InChI=1S/C23H25N3O3/c1-15(2)18-7-5-6-8-19(18)25-16-9-11-21(24-14-16)23(27)26-20-12-10-17(28-3)13-22(20)29-4/h5-15,25H,1-4H3,(H,26,27). The van der Waals surface area contributed by atoms with Crippen molar-refractivity contribution < 1.29 is 14.3 Å². The molecule has 6 heteroatoms. The molecule has 2 aromatic carbocycles. The van der Waals surface area contributed by atoms with Crippen LogP contribution >= 0.6 is 0 Å². The summed E-state index contributed by atoms with van der Waals surface area (Å²) in [6, 6.07) is 16.9. The highest BCUT2D eigenvalue weighted by atomic mass is 16.5. The van der Waals surface area contributed by atoms with E-state index in [1.807, 2.05) is 24.3 Å². The van der Waals surface area contributed by atoms with E-state index in [9.17, 15) is 4.79 Å². The molecule has 0 spiro atoms. The number of benzene rings is 2. The van der Waals surface area contributed by atoms with Gasteiger partial charge in [-0.3, -0.25) is 4.79 Å². The van der Waals surface area contributed by atoms with Crippen molar-refractivity contribution in [3.8, 4) is 11.5 Å². The predicted octanol–water partition coefficient (Wildman–Crippen LogP) is 5.22. The highest BCUT2D eigenvalue weighted by Crippen LogP contribution is 2.30. The number of methoxy groups -OCH3 is 2. The fourth-order valence-electron chi connectivity index (χ4n) is 2.96. The van der Waals surface area contributed by atoms with Crippen molar-refractivity contribution >= 4 is 23.0 Å². The number of nitrogens with zero attached hydrogens (tertiary/aromatic N) is 1. The number of nitrogens with one attached hydrogen (secondary N) is 2. The van der Waals surface area contributed by atoms with E-state index in [0.29, 0.717) is 28.8 Å². The first kappa shape index (κ1) is 20.2. The lowest BCUT2D eigenvalue weighted by atomic mass is 10.0. The number of hydrogen-bond acceptors (Lipinski definition) is 5. The molecule has 0 saturated carbocycles. The van der Waals surface area contributed by atoms with Crippen LogP contribution in [0.1, 0.15) is 35.8 Å². The summed E-state index contributed by atoms with van der Waals surface area (Å²) in [7, 11) is 3.12. The number of ether oxygens (including phenoxy) is 2. The zero-order valence-electron chi connectivity index (χ0n) is 17.0. The SMILES string of the molecule is COc1ccc(NC(=O)c2ccc(Nc3ccccc3C(C)C)cn2)c(OC)c1. The van der Waals surface area contributed by atoms with E-state index >= 15 is 0 Å². The van der Waals surface area contributed by atoms with Crippen LogP contribution in [0.2, 0.25) is 0 Å². The summed E-state index contributed by atoms with van der Waals surface area (Å²) in [5.41, 5.74) is 3.93. The van der Waals surface area contributed by atoms with Gasteiger partial charge in [0.2, 0.25) is 0 Å². The van der Waals surface area contributed by atoms with E-state index in [2.05, 4.69) is 35.5 Å². The van der Waals surface area contributed by atoms with Gasteiger partial charge in [0.1, 0.15) is 17.2 Å². The molecule has 1 aromatic heterocycles. The Morgan fingerprint density at radius 3 is 2.41 bits per heavy atom. The third-order valence-corrected chi connectivity index (χ3v) is 4.51. The summed E-state index contributed by atoms with van der Waals surface area (Å²) in [5.74, 6) is 1.25. The number of rotatable bonds is 7. The van der Waals surface area contributed by atoms with Gasteiger partial charge in [0, 0.05) is 11.8 Å². The number of carbonyl (C=O) groups excluding carboxylic acids is 1. The van der Waals surface area contributed by atoms with Crippen LogP contribution in [0, 0.1) is 0 Å². The van der Waals surface area contributed by atoms with Crippen molar-refractivity contribution in [3.63, 3.8) is 0 Å². The van der Waals surface area contributed by atoms with Crippen LogP contribution in [0.25, 0.3) is 0 Å². The third-order valence-electron chi connectivity index (χ3n) is 4.51. The van der Waals surface area contributed by atoms with Crippen molar-refractivity contribution in [1.82, 2.24) is 4.98 Å². The van der Waals surface area contributed by atoms with Crippen LogP contribution in [0.5, 0.6) is 11.5 Å². The summed E-state index contributed by atoms with van der Waals surface area (Å²) >= 11 is 0. The van der Waals surface area contributed by atoms with E-state index in [1.165, 1.54) is 12.7 Å². The summed E-state index contributed by atoms with van der Waals surface area (Å²) < 4.78 is 10.5. The fourth-order valence-corrected chi connectivity index (χ4v) is 2.96. The van der Waals surface area contributed by atoms with E-state index in [0.717, 1.165) is 11.4 Å². The maximum absolute atomic E-state index is 12.6. The van der Waals surface area contributed by atoms with Gasteiger partial charge in [-0.2, -0.15) is 0 Å². The molecule has 0 aliphatic heterocycles. The molecule has 3 rings (SSSR count). The van der Waals surface area contributed by atoms with Gasteiger partial charge in [0.15, 0.2) is 0 Å². The van der Waals surface area contributed by atoms with E-state index in [-0.39, 0.29) is 5.91 Å². The molecular weight excluding hydrogens is 366 g/mol. The van der Waals surface area contributed by atoms with Crippen molar-refractivity contribution in [3.05, 3.63) is 72.1 Å². The summed E-state index contributed by atoms with van der Waals surface area (Å²) in [6.45, 7) is 4.30. The number of hydrogen-bond donors (Lipinski definition) is 2. The van der Waals surface area contributed by atoms with Gasteiger partial charge >= 0.3 is 0 Å². The van der Waals surface area contributed by atoms with Gasteiger partial charge in [0.05, 0.1) is 31.8 Å². The molecular formula is C23H25N3O3. The molecule has 6 nitrogen and oxygen atoms in total. The van der Waals surface area contributed by atoms with E-state index in [1.54, 1.807) is 37.6 Å². The molecule has 0 atom stereocenters. The molecule has 29 heavy (non-hydrogen) atoms. The average molecular weight is 391 g/mol. The molecule has 0 unspecified atom stereocenters. The number of anilines is 3. The minimum Gasteiger partial charge on any atom is -0.497 e.